The minimum Gasteiger partial charge on any atom is -0.495 e. The van der Waals surface area contributed by atoms with Crippen molar-refractivity contribution in [3.8, 4) is 11.5 Å². The summed E-state index contributed by atoms with van der Waals surface area (Å²) in [5.74, 6) is -0.435. The molecule has 1 aromatic heterocycles. The lowest BCUT2D eigenvalue weighted by Gasteiger charge is -2.16. The number of aryl methyl sites for hydroxylation is 2. The fraction of sp³-hybridized carbons (Fsp3) is 0.294. The number of ether oxygens (including phenoxy) is 2. The number of aromatic nitrogens is 1. The SMILES string of the molecule is COc1ccc(C)cc1NC(=O)[C@H](C)Oc1ccc(C)nc1[N+](=O)[O-]. The van der Waals surface area contributed by atoms with Gasteiger partial charge in [0.15, 0.2) is 6.10 Å². The van der Waals surface area contributed by atoms with E-state index in [-0.39, 0.29) is 5.75 Å². The van der Waals surface area contributed by atoms with Crippen LogP contribution >= 0.6 is 0 Å². The number of amides is 1. The summed E-state index contributed by atoms with van der Waals surface area (Å²) in [7, 11) is 1.50. The molecule has 0 fully saturated rings. The highest BCUT2D eigenvalue weighted by atomic mass is 16.6. The Morgan fingerprint density at radius 2 is 1.92 bits per heavy atom. The third kappa shape index (κ3) is 4.43. The summed E-state index contributed by atoms with van der Waals surface area (Å²) in [4.78, 5) is 26.6. The number of nitro groups is 1. The Balaban J connectivity index is 2.17. The van der Waals surface area contributed by atoms with E-state index in [1.165, 1.54) is 20.1 Å². The highest BCUT2D eigenvalue weighted by Crippen LogP contribution is 2.27. The van der Waals surface area contributed by atoms with Crippen molar-refractivity contribution >= 4 is 17.4 Å². The first-order chi connectivity index (χ1) is 11.8. The Morgan fingerprint density at radius 3 is 2.56 bits per heavy atom. The zero-order chi connectivity index (χ0) is 18.6. The molecule has 8 heteroatoms. The normalized spacial score (nSPS) is 11.5. The van der Waals surface area contributed by atoms with E-state index >= 15 is 0 Å². The molecule has 132 valence electrons. The van der Waals surface area contributed by atoms with Crippen LogP contribution in [0, 0.1) is 24.0 Å². The molecule has 0 aliphatic heterocycles. The molecule has 2 aromatic rings. The van der Waals surface area contributed by atoms with Crippen LogP contribution in [0.4, 0.5) is 11.5 Å². The molecule has 0 radical (unpaired) electrons. The van der Waals surface area contributed by atoms with Gasteiger partial charge in [-0.1, -0.05) is 6.07 Å². The fourth-order valence-electron chi connectivity index (χ4n) is 2.15. The second-order valence-electron chi connectivity index (χ2n) is 5.48. The van der Waals surface area contributed by atoms with E-state index in [0.29, 0.717) is 17.1 Å². The van der Waals surface area contributed by atoms with Gasteiger partial charge in [0.05, 0.1) is 12.8 Å². The summed E-state index contributed by atoms with van der Waals surface area (Å²) in [5, 5.41) is 13.8. The van der Waals surface area contributed by atoms with Crippen LogP contribution in [0.3, 0.4) is 0 Å². The number of carbonyl (C=O) groups is 1. The number of methoxy groups -OCH3 is 1. The van der Waals surface area contributed by atoms with Gasteiger partial charge in [-0.2, -0.15) is 0 Å². The highest BCUT2D eigenvalue weighted by molar-refractivity contribution is 5.95. The summed E-state index contributed by atoms with van der Waals surface area (Å²) in [5.41, 5.74) is 1.93. The summed E-state index contributed by atoms with van der Waals surface area (Å²) in [6.07, 6.45) is -0.964. The number of nitrogens with zero attached hydrogens (tertiary/aromatic N) is 2. The number of hydrogen-bond donors (Lipinski definition) is 1. The summed E-state index contributed by atoms with van der Waals surface area (Å²) in [6.45, 7) is 5.02. The molecule has 8 nitrogen and oxygen atoms in total. The van der Waals surface area contributed by atoms with Gasteiger partial charge in [-0.15, -0.1) is 0 Å². The largest absolute Gasteiger partial charge is 0.495 e. The lowest BCUT2D eigenvalue weighted by atomic mass is 10.2. The third-order valence-electron chi connectivity index (χ3n) is 3.44. The maximum Gasteiger partial charge on any atom is 0.406 e. The molecule has 0 saturated heterocycles. The number of benzene rings is 1. The van der Waals surface area contributed by atoms with Gasteiger partial charge in [-0.3, -0.25) is 4.79 Å². The number of rotatable bonds is 6. The molecule has 1 heterocycles. The number of hydrogen-bond acceptors (Lipinski definition) is 6. The Kier molecular flexibility index (Phi) is 5.53. The van der Waals surface area contributed by atoms with Gasteiger partial charge in [-0.25, -0.2) is 0 Å². The quantitative estimate of drug-likeness (QED) is 0.637. The van der Waals surface area contributed by atoms with E-state index < -0.39 is 22.8 Å². The van der Waals surface area contributed by atoms with Gasteiger partial charge in [0, 0.05) is 6.92 Å². The lowest BCUT2D eigenvalue weighted by Crippen LogP contribution is -2.30. The number of anilines is 1. The molecule has 1 N–H and O–H groups in total. The minimum atomic E-state index is -0.964. The zero-order valence-electron chi connectivity index (χ0n) is 14.4. The van der Waals surface area contributed by atoms with Crippen molar-refractivity contribution in [2.24, 2.45) is 0 Å². The van der Waals surface area contributed by atoms with Gasteiger partial charge in [0.1, 0.15) is 11.4 Å². The molecule has 1 amide bonds. The van der Waals surface area contributed by atoms with E-state index in [4.69, 9.17) is 9.47 Å². The van der Waals surface area contributed by atoms with Crippen LogP contribution in [-0.4, -0.2) is 29.0 Å². The average Bonchev–Trinajstić information content (AvgIpc) is 2.56. The number of carbonyl (C=O) groups excluding carboxylic acids is 1. The van der Waals surface area contributed by atoms with Crippen molar-refractivity contribution in [2.45, 2.75) is 26.9 Å². The molecule has 0 bridgehead atoms. The second-order valence-corrected chi connectivity index (χ2v) is 5.48. The van der Waals surface area contributed by atoms with Crippen molar-refractivity contribution in [1.29, 1.82) is 0 Å². The van der Waals surface area contributed by atoms with Gasteiger partial charge in [0.25, 0.3) is 5.91 Å². The van der Waals surface area contributed by atoms with Crippen LogP contribution in [0.25, 0.3) is 0 Å². The number of pyridine rings is 1. The summed E-state index contributed by atoms with van der Waals surface area (Å²) < 4.78 is 10.7. The fourth-order valence-corrected chi connectivity index (χ4v) is 2.15. The molecule has 0 aliphatic rings. The summed E-state index contributed by atoms with van der Waals surface area (Å²) in [6, 6.07) is 8.37. The summed E-state index contributed by atoms with van der Waals surface area (Å²) >= 11 is 0. The Labute approximate surface area is 144 Å². The predicted octanol–water partition coefficient (Wildman–Crippen LogP) is 3.02. The second kappa shape index (κ2) is 7.61. The van der Waals surface area contributed by atoms with Crippen molar-refractivity contribution in [2.75, 3.05) is 12.4 Å². The first-order valence-corrected chi connectivity index (χ1v) is 7.56. The lowest BCUT2D eigenvalue weighted by molar-refractivity contribution is -0.390. The monoisotopic (exact) mass is 345 g/mol. The standard InChI is InChI=1S/C17H19N3O5/c1-10-5-7-14(24-4)13(9-10)19-17(21)12(3)25-15-8-6-11(2)18-16(15)20(22)23/h5-9,12H,1-4H3,(H,19,21)/t12-/m0/s1. The smallest absolute Gasteiger partial charge is 0.406 e. The van der Waals surface area contributed by atoms with Crippen molar-refractivity contribution < 1.29 is 19.2 Å². The molecular formula is C17H19N3O5. The van der Waals surface area contributed by atoms with Crippen molar-refractivity contribution in [3.05, 3.63) is 51.7 Å². The Morgan fingerprint density at radius 1 is 1.24 bits per heavy atom. The first kappa shape index (κ1) is 18.2. The Hall–Kier alpha value is -3.16. The third-order valence-corrected chi connectivity index (χ3v) is 3.44. The molecule has 25 heavy (non-hydrogen) atoms. The zero-order valence-corrected chi connectivity index (χ0v) is 14.4. The van der Waals surface area contributed by atoms with Crippen molar-refractivity contribution in [1.82, 2.24) is 4.98 Å². The highest BCUT2D eigenvalue weighted by Gasteiger charge is 2.23. The van der Waals surface area contributed by atoms with Crippen LogP contribution in [0.5, 0.6) is 11.5 Å². The van der Waals surface area contributed by atoms with Gasteiger partial charge in [0.2, 0.25) is 5.75 Å². The maximum absolute atomic E-state index is 12.4. The minimum absolute atomic E-state index is 0.0607. The molecular weight excluding hydrogens is 326 g/mol. The van der Waals surface area contributed by atoms with Crippen LogP contribution < -0.4 is 14.8 Å². The topological polar surface area (TPSA) is 104 Å². The van der Waals surface area contributed by atoms with Gasteiger partial charge < -0.3 is 24.9 Å². The predicted molar refractivity (Wildman–Crippen MR) is 92.1 cm³/mol. The van der Waals surface area contributed by atoms with E-state index in [2.05, 4.69) is 10.3 Å². The van der Waals surface area contributed by atoms with Crippen LogP contribution in [-0.2, 0) is 4.79 Å². The number of nitrogens with one attached hydrogen (secondary N) is 1. The van der Waals surface area contributed by atoms with Crippen LogP contribution in [0.15, 0.2) is 30.3 Å². The Bertz CT molecular complexity index is 807. The van der Waals surface area contributed by atoms with Crippen LogP contribution in [0.2, 0.25) is 0 Å². The molecule has 0 aliphatic carbocycles. The van der Waals surface area contributed by atoms with Gasteiger partial charge in [-0.05, 0) is 53.6 Å². The molecule has 1 aromatic carbocycles. The van der Waals surface area contributed by atoms with Crippen LogP contribution in [0.1, 0.15) is 18.2 Å². The van der Waals surface area contributed by atoms with E-state index in [0.717, 1.165) is 5.56 Å². The first-order valence-electron chi connectivity index (χ1n) is 7.56. The molecule has 0 unspecified atom stereocenters. The maximum atomic E-state index is 12.4. The van der Waals surface area contributed by atoms with E-state index in [1.54, 1.807) is 25.1 Å². The average molecular weight is 345 g/mol. The van der Waals surface area contributed by atoms with Crippen molar-refractivity contribution in [3.63, 3.8) is 0 Å². The van der Waals surface area contributed by atoms with E-state index in [1.807, 2.05) is 13.0 Å². The molecule has 1 atom stereocenters. The van der Waals surface area contributed by atoms with Gasteiger partial charge >= 0.3 is 5.82 Å². The molecule has 0 spiro atoms. The molecule has 2 rings (SSSR count). The molecule has 0 saturated carbocycles. The van der Waals surface area contributed by atoms with E-state index in [9.17, 15) is 14.9 Å².